The first-order chi connectivity index (χ1) is 6.58. The fourth-order valence-corrected chi connectivity index (χ4v) is 3.00. The normalized spacial score (nSPS) is 30.3. The molecular formula is C11H18O3. The number of carbonyl (C=O) groups is 1. The molecule has 0 saturated heterocycles. The van der Waals surface area contributed by atoms with Crippen molar-refractivity contribution in [2.45, 2.75) is 50.7 Å². The number of aldehydes is 1. The molecule has 0 amide bonds. The van der Waals surface area contributed by atoms with E-state index in [-0.39, 0.29) is 12.7 Å². The summed E-state index contributed by atoms with van der Waals surface area (Å²) in [4.78, 5) is 10.4. The fraction of sp³-hybridized carbons (Fsp3) is 0.909. The molecule has 3 nitrogen and oxygen atoms in total. The first kappa shape index (κ1) is 10.1. The van der Waals surface area contributed by atoms with Gasteiger partial charge in [-0.25, -0.2) is 0 Å². The summed E-state index contributed by atoms with van der Waals surface area (Å²) in [6.45, 7) is 0. The Labute approximate surface area is 84.1 Å². The van der Waals surface area contributed by atoms with Crippen molar-refractivity contribution in [3.8, 4) is 0 Å². The van der Waals surface area contributed by atoms with Crippen LogP contribution in [0.3, 0.4) is 0 Å². The lowest BCUT2D eigenvalue weighted by molar-refractivity contribution is -0.173. The quantitative estimate of drug-likeness (QED) is 0.529. The van der Waals surface area contributed by atoms with Gasteiger partial charge in [0.2, 0.25) is 5.79 Å². The zero-order valence-electron chi connectivity index (χ0n) is 8.41. The van der Waals surface area contributed by atoms with Crippen molar-refractivity contribution in [2.75, 3.05) is 0 Å². The lowest BCUT2D eigenvalue weighted by atomic mass is 9.83. The second kappa shape index (κ2) is 3.31. The van der Waals surface area contributed by atoms with Crippen molar-refractivity contribution in [2.24, 2.45) is 11.3 Å². The fourth-order valence-electron chi connectivity index (χ4n) is 3.00. The van der Waals surface area contributed by atoms with Crippen molar-refractivity contribution in [3.05, 3.63) is 0 Å². The van der Waals surface area contributed by atoms with Gasteiger partial charge in [-0.1, -0.05) is 19.3 Å². The van der Waals surface area contributed by atoms with Gasteiger partial charge in [-0.05, 0) is 30.6 Å². The second-order valence-electron chi connectivity index (χ2n) is 5.02. The van der Waals surface area contributed by atoms with Crippen LogP contribution in [-0.4, -0.2) is 22.3 Å². The first-order valence-electron chi connectivity index (χ1n) is 5.49. The molecule has 0 radical (unpaired) electrons. The molecule has 0 aromatic heterocycles. The van der Waals surface area contributed by atoms with Gasteiger partial charge in [0, 0.05) is 6.42 Å². The molecule has 14 heavy (non-hydrogen) atoms. The Kier molecular flexibility index (Phi) is 2.40. The van der Waals surface area contributed by atoms with Gasteiger partial charge >= 0.3 is 0 Å². The highest BCUT2D eigenvalue weighted by Crippen LogP contribution is 2.63. The SMILES string of the molecule is O=CC(O)(O)CC1CC12CCCCC2. The van der Waals surface area contributed by atoms with Crippen LogP contribution in [0.4, 0.5) is 0 Å². The van der Waals surface area contributed by atoms with Crippen LogP contribution in [0.1, 0.15) is 44.9 Å². The van der Waals surface area contributed by atoms with Crippen molar-refractivity contribution in [1.82, 2.24) is 0 Å². The van der Waals surface area contributed by atoms with Crippen LogP contribution in [0.15, 0.2) is 0 Å². The molecule has 1 atom stereocenters. The highest BCUT2D eigenvalue weighted by molar-refractivity contribution is 5.59. The number of aliphatic hydroxyl groups is 2. The third-order valence-corrected chi connectivity index (χ3v) is 3.94. The molecule has 2 rings (SSSR count). The van der Waals surface area contributed by atoms with Crippen LogP contribution in [0.25, 0.3) is 0 Å². The van der Waals surface area contributed by atoms with Crippen LogP contribution < -0.4 is 0 Å². The first-order valence-corrected chi connectivity index (χ1v) is 5.49. The summed E-state index contributed by atoms with van der Waals surface area (Å²) in [5.74, 6) is -1.71. The minimum atomic E-state index is -2.08. The average molecular weight is 198 g/mol. The molecule has 2 saturated carbocycles. The van der Waals surface area contributed by atoms with Gasteiger partial charge in [0.15, 0.2) is 6.29 Å². The molecule has 0 aromatic rings. The van der Waals surface area contributed by atoms with Gasteiger partial charge < -0.3 is 10.2 Å². The molecule has 1 spiro atoms. The molecule has 3 heteroatoms. The predicted octanol–water partition coefficient (Wildman–Crippen LogP) is 1.23. The molecule has 0 heterocycles. The van der Waals surface area contributed by atoms with Gasteiger partial charge in [-0.2, -0.15) is 0 Å². The Morgan fingerprint density at radius 2 is 1.93 bits per heavy atom. The van der Waals surface area contributed by atoms with Crippen LogP contribution >= 0.6 is 0 Å². The summed E-state index contributed by atoms with van der Waals surface area (Å²) in [6, 6.07) is 0. The molecule has 2 aliphatic carbocycles. The molecule has 1 unspecified atom stereocenters. The van der Waals surface area contributed by atoms with Crippen molar-refractivity contribution in [3.63, 3.8) is 0 Å². The largest absolute Gasteiger partial charge is 0.360 e. The average Bonchev–Trinajstić information content (AvgIpc) is 2.78. The zero-order chi connectivity index (χ0) is 10.2. The van der Waals surface area contributed by atoms with Crippen molar-refractivity contribution in [1.29, 1.82) is 0 Å². The van der Waals surface area contributed by atoms with Crippen molar-refractivity contribution < 1.29 is 15.0 Å². The predicted molar refractivity (Wildman–Crippen MR) is 51.5 cm³/mol. The van der Waals surface area contributed by atoms with Crippen LogP contribution in [0, 0.1) is 11.3 Å². The van der Waals surface area contributed by atoms with E-state index in [9.17, 15) is 15.0 Å². The smallest absolute Gasteiger partial charge is 0.221 e. The van der Waals surface area contributed by atoms with Crippen LogP contribution in [0.2, 0.25) is 0 Å². The third kappa shape index (κ3) is 1.84. The monoisotopic (exact) mass is 198 g/mol. The van der Waals surface area contributed by atoms with E-state index in [0.29, 0.717) is 11.3 Å². The van der Waals surface area contributed by atoms with Gasteiger partial charge in [0.05, 0.1) is 0 Å². The molecule has 2 aliphatic rings. The summed E-state index contributed by atoms with van der Waals surface area (Å²) < 4.78 is 0. The Morgan fingerprint density at radius 3 is 2.50 bits per heavy atom. The van der Waals surface area contributed by atoms with Crippen LogP contribution in [-0.2, 0) is 4.79 Å². The van der Waals surface area contributed by atoms with Gasteiger partial charge in [0.25, 0.3) is 0 Å². The summed E-state index contributed by atoms with van der Waals surface area (Å²) >= 11 is 0. The topological polar surface area (TPSA) is 57.5 Å². The summed E-state index contributed by atoms with van der Waals surface area (Å²) in [6.07, 6.45) is 7.84. The van der Waals surface area contributed by atoms with E-state index in [0.717, 1.165) is 6.42 Å². The Bertz CT molecular complexity index is 229. The van der Waals surface area contributed by atoms with E-state index in [1.54, 1.807) is 0 Å². The summed E-state index contributed by atoms with van der Waals surface area (Å²) in [5.41, 5.74) is 0.373. The van der Waals surface area contributed by atoms with E-state index in [1.165, 1.54) is 32.1 Å². The molecule has 0 aliphatic heterocycles. The molecular weight excluding hydrogens is 180 g/mol. The highest BCUT2D eigenvalue weighted by atomic mass is 16.5. The molecule has 80 valence electrons. The summed E-state index contributed by atoms with van der Waals surface area (Å²) in [7, 11) is 0. The van der Waals surface area contributed by atoms with E-state index >= 15 is 0 Å². The molecule has 2 fully saturated rings. The van der Waals surface area contributed by atoms with Gasteiger partial charge in [-0.3, -0.25) is 4.79 Å². The number of hydrogen-bond donors (Lipinski definition) is 2. The summed E-state index contributed by atoms with van der Waals surface area (Å²) in [5, 5.41) is 18.5. The third-order valence-electron chi connectivity index (χ3n) is 3.94. The second-order valence-corrected chi connectivity index (χ2v) is 5.02. The lowest BCUT2D eigenvalue weighted by Crippen LogP contribution is -2.31. The molecule has 0 aromatic carbocycles. The number of rotatable bonds is 3. The zero-order valence-corrected chi connectivity index (χ0v) is 8.41. The van der Waals surface area contributed by atoms with E-state index in [4.69, 9.17) is 0 Å². The maximum absolute atomic E-state index is 10.4. The standard InChI is InChI=1S/C11H18O3/c12-8-11(13,14)7-9-6-10(9)4-2-1-3-5-10/h8-9,13-14H,1-7H2. The van der Waals surface area contributed by atoms with Gasteiger partial charge in [0.1, 0.15) is 0 Å². The van der Waals surface area contributed by atoms with E-state index in [1.807, 2.05) is 0 Å². The maximum Gasteiger partial charge on any atom is 0.221 e. The number of carbonyl (C=O) groups excluding carboxylic acids is 1. The lowest BCUT2D eigenvalue weighted by Gasteiger charge is -2.24. The van der Waals surface area contributed by atoms with Crippen LogP contribution in [0.5, 0.6) is 0 Å². The highest BCUT2D eigenvalue weighted by Gasteiger charge is 2.55. The minimum Gasteiger partial charge on any atom is -0.360 e. The van der Waals surface area contributed by atoms with Gasteiger partial charge in [-0.15, -0.1) is 0 Å². The minimum absolute atomic E-state index is 0.233. The molecule has 2 N–H and O–H groups in total. The number of hydrogen-bond acceptors (Lipinski definition) is 3. The Morgan fingerprint density at radius 1 is 1.29 bits per heavy atom. The van der Waals surface area contributed by atoms with Crippen molar-refractivity contribution >= 4 is 6.29 Å². The Hall–Kier alpha value is -0.410. The van der Waals surface area contributed by atoms with E-state index in [2.05, 4.69) is 0 Å². The van der Waals surface area contributed by atoms with E-state index < -0.39 is 5.79 Å². The molecule has 0 bridgehead atoms. The Balaban J connectivity index is 1.88. The maximum atomic E-state index is 10.4.